The standard InChI is InChI=1S/C20H15FNS.C14H16NSi.Ir/c1-12(2)13-8-9-22-18(10-13)16-5-3-4-15-17-11-14(21)6-7-19(17)23-20(15)16;1-16(2,3)13-9-10-14(15-11-13)12-7-5-4-6-8-12;/h3-4,6-12H,1-2H3;4-7,9-11H,1-3H3;/q2*-1;. The van der Waals surface area contributed by atoms with Crippen molar-refractivity contribution in [3.8, 4) is 22.5 Å². The molecule has 0 saturated heterocycles. The normalized spacial score (nSPS) is 11.3. The van der Waals surface area contributed by atoms with E-state index in [1.165, 1.54) is 16.8 Å². The molecular formula is C34H31FIrN2SSi-2. The molecule has 3 aromatic heterocycles. The molecule has 0 unspecified atom stereocenters. The van der Waals surface area contributed by atoms with Gasteiger partial charge in [0.15, 0.2) is 0 Å². The predicted octanol–water partition coefficient (Wildman–Crippen LogP) is 9.27. The second-order valence-corrected chi connectivity index (χ2v) is 17.1. The molecule has 205 valence electrons. The fourth-order valence-corrected chi connectivity index (χ4v) is 6.62. The van der Waals surface area contributed by atoms with Crippen LogP contribution in [0, 0.1) is 17.9 Å². The van der Waals surface area contributed by atoms with Crippen LogP contribution in [-0.2, 0) is 20.1 Å². The van der Waals surface area contributed by atoms with Gasteiger partial charge >= 0.3 is 0 Å². The number of fused-ring (bicyclic) bond motifs is 3. The molecule has 3 aromatic carbocycles. The van der Waals surface area contributed by atoms with Gasteiger partial charge in [0, 0.05) is 37.2 Å². The van der Waals surface area contributed by atoms with Crippen LogP contribution >= 0.6 is 11.3 Å². The van der Waals surface area contributed by atoms with E-state index in [0.717, 1.165) is 42.7 Å². The van der Waals surface area contributed by atoms with E-state index in [1.807, 2.05) is 54.9 Å². The number of hydrogen-bond donors (Lipinski definition) is 0. The zero-order valence-electron chi connectivity index (χ0n) is 23.3. The molecule has 3 heterocycles. The van der Waals surface area contributed by atoms with Crippen LogP contribution in [0.15, 0.2) is 91.3 Å². The number of nitrogens with zero attached hydrogens (tertiary/aromatic N) is 2. The van der Waals surface area contributed by atoms with Crippen molar-refractivity contribution < 1.29 is 24.5 Å². The zero-order chi connectivity index (χ0) is 27.6. The van der Waals surface area contributed by atoms with Crippen LogP contribution in [0.2, 0.25) is 19.6 Å². The summed E-state index contributed by atoms with van der Waals surface area (Å²) in [6.45, 7) is 11.3. The van der Waals surface area contributed by atoms with Crippen LogP contribution in [0.3, 0.4) is 0 Å². The van der Waals surface area contributed by atoms with Gasteiger partial charge in [-0.15, -0.1) is 59.7 Å². The Bertz CT molecular complexity index is 1730. The molecule has 0 bridgehead atoms. The van der Waals surface area contributed by atoms with Gasteiger partial charge in [0.25, 0.3) is 0 Å². The summed E-state index contributed by atoms with van der Waals surface area (Å²) in [6.07, 6.45) is 3.87. The molecule has 0 aliphatic rings. The average Bonchev–Trinajstić information content (AvgIpc) is 3.31. The fourth-order valence-electron chi connectivity index (χ4n) is 4.40. The van der Waals surface area contributed by atoms with Gasteiger partial charge in [-0.05, 0) is 56.8 Å². The minimum Gasteiger partial charge on any atom is -0.305 e. The van der Waals surface area contributed by atoms with Gasteiger partial charge in [-0.25, -0.2) is 4.39 Å². The first-order valence-electron chi connectivity index (χ1n) is 13.1. The van der Waals surface area contributed by atoms with Crippen molar-refractivity contribution in [1.82, 2.24) is 9.97 Å². The summed E-state index contributed by atoms with van der Waals surface area (Å²) >= 11 is 1.67. The zero-order valence-corrected chi connectivity index (χ0v) is 27.5. The summed E-state index contributed by atoms with van der Waals surface area (Å²) in [5.41, 5.74) is 5.24. The summed E-state index contributed by atoms with van der Waals surface area (Å²) in [5, 5.41) is 3.42. The van der Waals surface area contributed by atoms with E-state index in [9.17, 15) is 4.39 Å². The van der Waals surface area contributed by atoms with E-state index in [4.69, 9.17) is 0 Å². The van der Waals surface area contributed by atoms with Crippen molar-refractivity contribution in [2.75, 3.05) is 0 Å². The SMILES string of the molecule is CC(C)c1ccnc(-c2[c-]ccc3c2sc2ccc(F)cc23)c1.C[Si](C)(C)c1ccc(-c2[c-]cccc2)nc1.[Ir]. The molecule has 40 heavy (non-hydrogen) atoms. The third-order valence-corrected chi connectivity index (χ3v) is 9.95. The van der Waals surface area contributed by atoms with Crippen LogP contribution in [-0.4, -0.2) is 18.0 Å². The molecule has 2 nitrogen and oxygen atoms in total. The molecule has 0 saturated carbocycles. The Morgan fingerprint density at radius 1 is 0.825 bits per heavy atom. The first kappa shape index (κ1) is 29.9. The van der Waals surface area contributed by atoms with Crippen LogP contribution in [0.25, 0.3) is 42.7 Å². The van der Waals surface area contributed by atoms with Gasteiger partial charge in [0.1, 0.15) is 5.82 Å². The first-order valence-corrected chi connectivity index (χ1v) is 17.4. The van der Waals surface area contributed by atoms with Gasteiger partial charge in [0.05, 0.1) is 8.07 Å². The molecule has 0 N–H and O–H groups in total. The van der Waals surface area contributed by atoms with Gasteiger partial charge in [0.2, 0.25) is 0 Å². The summed E-state index contributed by atoms with van der Waals surface area (Å²) < 4.78 is 15.8. The topological polar surface area (TPSA) is 25.8 Å². The van der Waals surface area contributed by atoms with Gasteiger partial charge in [-0.3, -0.25) is 0 Å². The molecule has 6 heteroatoms. The average molecular weight is 739 g/mol. The first-order chi connectivity index (χ1) is 18.7. The Kier molecular flexibility index (Phi) is 9.47. The van der Waals surface area contributed by atoms with Crippen molar-refractivity contribution >= 4 is 44.8 Å². The van der Waals surface area contributed by atoms with E-state index in [1.54, 1.807) is 17.4 Å². The maximum Gasteiger partial charge on any atom is 0.123 e. The van der Waals surface area contributed by atoms with E-state index in [-0.39, 0.29) is 25.9 Å². The summed E-state index contributed by atoms with van der Waals surface area (Å²) in [7, 11) is -1.23. The summed E-state index contributed by atoms with van der Waals surface area (Å²) in [4.78, 5) is 9.05. The molecule has 1 radical (unpaired) electrons. The Labute approximate surface area is 254 Å². The second-order valence-electron chi connectivity index (χ2n) is 10.9. The molecule has 0 aliphatic heterocycles. The van der Waals surface area contributed by atoms with E-state index < -0.39 is 8.07 Å². The van der Waals surface area contributed by atoms with Crippen LogP contribution in [0.1, 0.15) is 25.3 Å². The van der Waals surface area contributed by atoms with Gasteiger partial charge < -0.3 is 9.97 Å². The molecule has 0 amide bonds. The van der Waals surface area contributed by atoms with Crippen LogP contribution in [0.5, 0.6) is 0 Å². The summed E-state index contributed by atoms with van der Waals surface area (Å²) in [6, 6.07) is 31.8. The molecular weight excluding hydrogens is 708 g/mol. The van der Waals surface area contributed by atoms with Gasteiger partial charge in [-0.1, -0.05) is 62.6 Å². The number of benzene rings is 3. The van der Waals surface area contributed by atoms with Gasteiger partial charge in [-0.2, -0.15) is 11.3 Å². The smallest absolute Gasteiger partial charge is 0.123 e. The third kappa shape index (κ3) is 6.64. The number of rotatable bonds is 4. The second kappa shape index (κ2) is 12.7. The minimum atomic E-state index is -1.23. The largest absolute Gasteiger partial charge is 0.305 e. The van der Waals surface area contributed by atoms with E-state index >= 15 is 0 Å². The third-order valence-electron chi connectivity index (χ3n) is 6.71. The van der Waals surface area contributed by atoms with Crippen LogP contribution in [0.4, 0.5) is 4.39 Å². The molecule has 0 fully saturated rings. The van der Waals surface area contributed by atoms with E-state index in [2.05, 4.69) is 79.9 Å². The number of aromatic nitrogens is 2. The van der Waals surface area contributed by atoms with Crippen molar-refractivity contribution in [3.63, 3.8) is 0 Å². The molecule has 0 atom stereocenters. The van der Waals surface area contributed by atoms with Crippen molar-refractivity contribution in [1.29, 1.82) is 0 Å². The molecule has 6 aromatic rings. The number of thiophene rings is 1. The quantitative estimate of drug-likeness (QED) is 0.133. The Hall–Kier alpha value is -3.02. The maximum atomic E-state index is 13.6. The molecule has 0 aliphatic carbocycles. The Morgan fingerprint density at radius 3 is 2.33 bits per heavy atom. The monoisotopic (exact) mass is 739 g/mol. The number of pyridine rings is 2. The van der Waals surface area contributed by atoms with Crippen LogP contribution < -0.4 is 5.19 Å². The maximum absolute atomic E-state index is 13.6. The van der Waals surface area contributed by atoms with Crippen molar-refractivity contribution in [3.05, 3.63) is 115 Å². The minimum absolute atomic E-state index is 0. The fraction of sp³-hybridized carbons (Fsp3) is 0.176. The molecule has 6 rings (SSSR count). The number of halogens is 1. The Morgan fingerprint density at radius 2 is 1.65 bits per heavy atom. The predicted molar refractivity (Wildman–Crippen MR) is 167 cm³/mol. The van der Waals surface area contributed by atoms with E-state index in [0.29, 0.717) is 5.92 Å². The number of hydrogen-bond acceptors (Lipinski definition) is 3. The Balaban J connectivity index is 0.000000192. The van der Waals surface area contributed by atoms with Crippen molar-refractivity contribution in [2.45, 2.75) is 39.4 Å². The molecule has 0 spiro atoms. The summed E-state index contributed by atoms with van der Waals surface area (Å²) in [5.74, 6) is 0.249. The van der Waals surface area contributed by atoms with Crippen molar-refractivity contribution in [2.24, 2.45) is 0 Å².